The van der Waals surface area contributed by atoms with Crippen LogP contribution in [-0.4, -0.2) is 24.8 Å². The zero-order valence-electron chi connectivity index (χ0n) is 16.2. The number of nitrogens with one attached hydrogen (secondary N) is 2. The Morgan fingerprint density at radius 2 is 1.96 bits per heavy atom. The fourth-order valence-electron chi connectivity index (χ4n) is 4.73. The second-order valence-electron chi connectivity index (χ2n) is 7.53. The van der Waals surface area contributed by atoms with Crippen LogP contribution in [0.2, 0.25) is 0 Å². The molecule has 5 rings (SSSR count). The van der Waals surface area contributed by atoms with Crippen LogP contribution in [0.5, 0.6) is 5.75 Å². The number of allylic oxidation sites excluding steroid dienone is 2. The summed E-state index contributed by atoms with van der Waals surface area (Å²) < 4.78 is 11.5. The van der Waals surface area contributed by atoms with Gasteiger partial charge in [0.1, 0.15) is 12.4 Å². The molecule has 2 heterocycles. The molecule has 2 N–H and O–H groups in total. The van der Waals surface area contributed by atoms with Crippen LogP contribution in [0.4, 0.5) is 5.69 Å². The van der Waals surface area contributed by atoms with Gasteiger partial charge in [-0.1, -0.05) is 42.5 Å². The van der Waals surface area contributed by atoms with E-state index in [4.69, 9.17) is 9.47 Å². The first-order chi connectivity index (χ1) is 13.9. The third kappa shape index (κ3) is 2.89. The second kappa shape index (κ2) is 7.36. The van der Waals surface area contributed by atoms with Crippen LogP contribution in [0.25, 0.3) is 10.9 Å². The average Bonchev–Trinajstić information content (AvgIpc) is 3.38. The van der Waals surface area contributed by atoms with Crippen LogP contribution < -0.4 is 10.1 Å². The molecule has 0 saturated carbocycles. The zero-order valence-corrected chi connectivity index (χ0v) is 16.2. The van der Waals surface area contributed by atoms with E-state index >= 15 is 0 Å². The molecular weight excluding hydrogens is 348 g/mol. The highest BCUT2D eigenvalue weighted by Crippen LogP contribution is 2.52. The third-order valence-corrected chi connectivity index (χ3v) is 6.00. The summed E-state index contributed by atoms with van der Waals surface area (Å²) in [6.45, 7) is 3.89. The van der Waals surface area contributed by atoms with Crippen molar-refractivity contribution >= 4 is 16.6 Å². The number of ether oxygens (including phenoxy) is 2. The summed E-state index contributed by atoms with van der Waals surface area (Å²) in [7, 11) is 0. The highest BCUT2D eigenvalue weighted by Gasteiger charge is 2.39. The lowest BCUT2D eigenvalue weighted by atomic mass is 9.77. The summed E-state index contributed by atoms with van der Waals surface area (Å²) in [6.07, 6.45) is 7.96. The minimum absolute atomic E-state index is 0.250. The van der Waals surface area contributed by atoms with Gasteiger partial charge in [-0.25, -0.2) is 0 Å². The van der Waals surface area contributed by atoms with Crippen molar-refractivity contribution in [3.63, 3.8) is 0 Å². The van der Waals surface area contributed by atoms with Crippen LogP contribution in [0.15, 0.2) is 60.8 Å². The fourth-order valence-corrected chi connectivity index (χ4v) is 4.73. The van der Waals surface area contributed by atoms with Crippen molar-refractivity contribution in [2.75, 3.05) is 25.1 Å². The summed E-state index contributed by atoms with van der Waals surface area (Å²) >= 11 is 0. The number of aromatic nitrogens is 1. The van der Waals surface area contributed by atoms with Gasteiger partial charge < -0.3 is 19.8 Å². The van der Waals surface area contributed by atoms with Crippen molar-refractivity contribution < 1.29 is 9.47 Å². The van der Waals surface area contributed by atoms with Crippen molar-refractivity contribution in [1.82, 2.24) is 4.98 Å². The summed E-state index contributed by atoms with van der Waals surface area (Å²) in [5.74, 6) is 1.86. The van der Waals surface area contributed by atoms with Gasteiger partial charge in [-0.3, -0.25) is 0 Å². The number of rotatable bonds is 6. The molecule has 28 heavy (non-hydrogen) atoms. The number of H-pyrrole nitrogens is 1. The van der Waals surface area contributed by atoms with Gasteiger partial charge in [0.2, 0.25) is 0 Å². The number of aromatic amines is 1. The molecule has 3 unspecified atom stereocenters. The zero-order chi connectivity index (χ0) is 18.9. The van der Waals surface area contributed by atoms with E-state index in [1.54, 1.807) is 0 Å². The SMILES string of the molecule is CCOCCOc1cccc2c1NC(c1c[nH]c3ccccc13)C1CC=CC21. The largest absolute Gasteiger partial charge is 0.489 e. The van der Waals surface area contributed by atoms with Gasteiger partial charge in [0.15, 0.2) is 0 Å². The molecule has 0 bridgehead atoms. The Kier molecular flexibility index (Phi) is 4.57. The number of fused-ring (bicyclic) bond motifs is 4. The van der Waals surface area contributed by atoms with Gasteiger partial charge >= 0.3 is 0 Å². The quantitative estimate of drug-likeness (QED) is 0.448. The monoisotopic (exact) mass is 374 g/mol. The fraction of sp³-hybridized carbons (Fsp3) is 0.333. The standard InChI is InChI=1S/C24H26N2O2/c1-2-27-13-14-28-22-12-6-10-19-16-8-5-9-18(16)23(26-24(19)22)20-15-25-21-11-4-3-7-17(20)21/h3-8,10-12,15-16,18,23,25-26H,2,9,13-14H2,1H3. The van der Waals surface area contributed by atoms with Gasteiger partial charge in [0.25, 0.3) is 0 Å². The van der Waals surface area contributed by atoms with Gasteiger partial charge in [0, 0.05) is 29.6 Å². The van der Waals surface area contributed by atoms with Gasteiger partial charge in [-0.15, -0.1) is 0 Å². The molecule has 3 aromatic rings. The second-order valence-corrected chi connectivity index (χ2v) is 7.53. The molecule has 4 nitrogen and oxygen atoms in total. The van der Waals surface area contributed by atoms with E-state index in [9.17, 15) is 0 Å². The maximum Gasteiger partial charge on any atom is 0.142 e. The van der Waals surface area contributed by atoms with E-state index in [0.717, 1.165) is 17.9 Å². The molecule has 1 aromatic heterocycles. The average molecular weight is 374 g/mol. The van der Waals surface area contributed by atoms with Gasteiger partial charge in [-0.05, 0) is 42.5 Å². The molecule has 1 aliphatic carbocycles. The lowest BCUT2D eigenvalue weighted by Crippen LogP contribution is -2.29. The van der Waals surface area contributed by atoms with Crippen molar-refractivity contribution in [3.05, 3.63) is 71.9 Å². The molecule has 0 amide bonds. The van der Waals surface area contributed by atoms with E-state index in [1.165, 1.54) is 22.0 Å². The maximum absolute atomic E-state index is 6.09. The summed E-state index contributed by atoms with van der Waals surface area (Å²) in [6, 6.07) is 15.2. The van der Waals surface area contributed by atoms with Gasteiger partial charge in [-0.2, -0.15) is 0 Å². The first kappa shape index (κ1) is 17.4. The molecule has 0 fully saturated rings. The summed E-state index contributed by atoms with van der Waals surface area (Å²) in [5.41, 5.74) is 4.99. The van der Waals surface area contributed by atoms with Crippen LogP contribution in [-0.2, 0) is 4.74 Å². The van der Waals surface area contributed by atoms with Crippen molar-refractivity contribution in [2.45, 2.75) is 25.3 Å². The molecular formula is C24H26N2O2. The van der Waals surface area contributed by atoms with Crippen molar-refractivity contribution in [3.8, 4) is 5.75 Å². The number of para-hydroxylation sites is 2. The first-order valence-electron chi connectivity index (χ1n) is 10.2. The topological polar surface area (TPSA) is 46.3 Å². The van der Waals surface area contributed by atoms with Crippen LogP contribution in [0.1, 0.15) is 36.4 Å². The predicted octanol–water partition coefficient (Wildman–Crippen LogP) is 5.41. The Balaban J connectivity index is 1.52. The van der Waals surface area contributed by atoms with E-state index in [0.29, 0.717) is 31.7 Å². The van der Waals surface area contributed by atoms with Crippen molar-refractivity contribution in [1.29, 1.82) is 0 Å². The lowest BCUT2D eigenvalue weighted by Gasteiger charge is -2.38. The lowest BCUT2D eigenvalue weighted by molar-refractivity contribution is 0.110. The number of benzene rings is 2. The Morgan fingerprint density at radius 1 is 1.04 bits per heavy atom. The summed E-state index contributed by atoms with van der Waals surface area (Å²) in [4.78, 5) is 3.44. The molecule has 0 spiro atoms. The molecule has 3 atom stereocenters. The van der Waals surface area contributed by atoms with E-state index < -0.39 is 0 Å². The summed E-state index contributed by atoms with van der Waals surface area (Å²) in [5, 5.41) is 5.14. The van der Waals surface area contributed by atoms with Crippen molar-refractivity contribution in [2.24, 2.45) is 5.92 Å². The molecule has 2 aromatic carbocycles. The van der Waals surface area contributed by atoms with Gasteiger partial charge in [0.05, 0.1) is 18.3 Å². The van der Waals surface area contributed by atoms with Crippen LogP contribution in [0.3, 0.4) is 0 Å². The van der Waals surface area contributed by atoms with E-state index in [-0.39, 0.29) is 6.04 Å². The molecule has 144 valence electrons. The highest BCUT2D eigenvalue weighted by atomic mass is 16.5. The predicted molar refractivity (Wildman–Crippen MR) is 113 cm³/mol. The smallest absolute Gasteiger partial charge is 0.142 e. The maximum atomic E-state index is 6.09. The Bertz CT molecular complexity index is 1010. The van der Waals surface area contributed by atoms with E-state index in [2.05, 4.69) is 71.1 Å². The number of hydrogen-bond acceptors (Lipinski definition) is 3. The molecule has 2 aliphatic rings. The van der Waals surface area contributed by atoms with Crippen LogP contribution >= 0.6 is 0 Å². The molecule has 0 radical (unpaired) electrons. The number of anilines is 1. The Labute approximate surface area is 165 Å². The van der Waals surface area contributed by atoms with E-state index in [1.807, 2.05) is 6.92 Å². The Morgan fingerprint density at radius 3 is 2.89 bits per heavy atom. The minimum Gasteiger partial charge on any atom is -0.489 e. The normalized spacial score (nSPS) is 22.7. The third-order valence-electron chi connectivity index (χ3n) is 6.00. The molecule has 4 heteroatoms. The Hall–Kier alpha value is -2.72. The molecule has 1 aliphatic heterocycles. The number of hydrogen-bond donors (Lipinski definition) is 2. The first-order valence-corrected chi connectivity index (χ1v) is 10.2. The van der Waals surface area contributed by atoms with Crippen LogP contribution in [0, 0.1) is 5.92 Å². The highest BCUT2D eigenvalue weighted by molar-refractivity contribution is 5.84. The molecule has 0 saturated heterocycles. The minimum atomic E-state index is 0.250.